The number of amides is 2. The van der Waals surface area contributed by atoms with E-state index in [1.54, 1.807) is 18.2 Å². The average Bonchev–Trinajstić information content (AvgIpc) is 2.52. The lowest BCUT2D eigenvalue weighted by atomic mass is 10.1. The van der Waals surface area contributed by atoms with E-state index in [9.17, 15) is 4.79 Å². The summed E-state index contributed by atoms with van der Waals surface area (Å²) in [5, 5.41) is 6.32. The highest BCUT2D eigenvalue weighted by atomic mass is 35.5. The first-order valence-electron chi connectivity index (χ1n) is 7.11. The van der Waals surface area contributed by atoms with Gasteiger partial charge in [-0.15, -0.1) is 0 Å². The second kappa shape index (κ2) is 7.52. The van der Waals surface area contributed by atoms with Crippen LogP contribution in [0, 0.1) is 0 Å². The van der Waals surface area contributed by atoms with Crippen LogP contribution in [0.25, 0.3) is 0 Å². The Balaban J connectivity index is 2.00. The third kappa shape index (κ3) is 4.15. The van der Waals surface area contributed by atoms with Crippen LogP contribution in [0.3, 0.4) is 0 Å². The molecule has 2 aromatic rings. The maximum Gasteiger partial charge on any atom is 0.319 e. The van der Waals surface area contributed by atoms with Crippen LogP contribution in [0.1, 0.15) is 31.0 Å². The summed E-state index contributed by atoms with van der Waals surface area (Å²) in [4.78, 5) is 12.1. The number of carbonyl (C=O) groups excluding carboxylic acids is 1. The minimum Gasteiger partial charge on any atom is -0.331 e. The summed E-state index contributed by atoms with van der Waals surface area (Å²) < 4.78 is 0. The fourth-order valence-corrected chi connectivity index (χ4v) is 2.43. The number of aryl methyl sites for hydroxylation is 1. The van der Waals surface area contributed by atoms with Crippen LogP contribution >= 0.6 is 23.2 Å². The van der Waals surface area contributed by atoms with Gasteiger partial charge in [0.15, 0.2) is 0 Å². The number of benzene rings is 2. The van der Waals surface area contributed by atoms with Gasteiger partial charge in [-0.2, -0.15) is 0 Å². The molecule has 2 N–H and O–H groups in total. The lowest BCUT2D eigenvalue weighted by Gasteiger charge is -2.16. The Hall–Kier alpha value is -1.71. The molecule has 3 nitrogen and oxygen atoms in total. The first kappa shape index (κ1) is 16.7. The van der Waals surface area contributed by atoms with E-state index in [1.807, 2.05) is 19.1 Å². The van der Waals surface area contributed by atoms with Crippen molar-refractivity contribution in [1.82, 2.24) is 5.32 Å². The Bertz CT molecular complexity index is 656. The van der Waals surface area contributed by atoms with Crippen molar-refractivity contribution in [3.05, 3.63) is 63.6 Å². The third-order valence-electron chi connectivity index (χ3n) is 3.44. The Morgan fingerprint density at radius 3 is 2.45 bits per heavy atom. The van der Waals surface area contributed by atoms with E-state index in [0.29, 0.717) is 15.7 Å². The normalized spacial score (nSPS) is 11.8. The van der Waals surface area contributed by atoms with Gasteiger partial charge < -0.3 is 10.6 Å². The highest BCUT2D eigenvalue weighted by Gasteiger charge is 2.12. The van der Waals surface area contributed by atoms with Gasteiger partial charge in [0.05, 0.1) is 21.8 Å². The van der Waals surface area contributed by atoms with Crippen LogP contribution in [0.5, 0.6) is 0 Å². The molecule has 0 saturated heterocycles. The van der Waals surface area contributed by atoms with Crippen molar-refractivity contribution < 1.29 is 4.79 Å². The van der Waals surface area contributed by atoms with Gasteiger partial charge in [-0.1, -0.05) is 60.5 Å². The van der Waals surface area contributed by atoms with Gasteiger partial charge in [0, 0.05) is 0 Å². The molecule has 1 atom stereocenters. The quantitative estimate of drug-likeness (QED) is 0.766. The summed E-state index contributed by atoms with van der Waals surface area (Å²) in [5.41, 5.74) is 2.80. The molecule has 0 spiro atoms. The number of hydrogen-bond acceptors (Lipinski definition) is 1. The van der Waals surface area contributed by atoms with Crippen molar-refractivity contribution in [3.8, 4) is 0 Å². The van der Waals surface area contributed by atoms with Crippen LogP contribution in [0.15, 0.2) is 42.5 Å². The molecule has 2 rings (SSSR count). The number of nitrogens with one attached hydrogen (secondary N) is 2. The number of urea groups is 1. The first-order chi connectivity index (χ1) is 10.5. The first-order valence-corrected chi connectivity index (χ1v) is 7.87. The van der Waals surface area contributed by atoms with Gasteiger partial charge in [-0.05, 0) is 36.6 Å². The number of anilines is 1. The van der Waals surface area contributed by atoms with E-state index in [1.165, 1.54) is 5.56 Å². The van der Waals surface area contributed by atoms with Gasteiger partial charge in [-0.3, -0.25) is 0 Å². The summed E-state index contributed by atoms with van der Waals surface area (Å²) in [6.07, 6.45) is 0.996. The maximum absolute atomic E-state index is 12.1. The van der Waals surface area contributed by atoms with Crippen LogP contribution in [-0.4, -0.2) is 6.03 Å². The van der Waals surface area contributed by atoms with Gasteiger partial charge in [0.25, 0.3) is 0 Å². The second-order valence-electron chi connectivity index (χ2n) is 5.02. The average molecular weight is 337 g/mol. The lowest BCUT2D eigenvalue weighted by Crippen LogP contribution is -2.31. The van der Waals surface area contributed by atoms with E-state index in [4.69, 9.17) is 23.2 Å². The number of hydrogen-bond donors (Lipinski definition) is 2. The molecule has 0 aromatic heterocycles. The summed E-state index contributed by atoms with van der Waals surface area (Å²) in [7, 11) is 0. The molecule has 0 unspecified atom stereocenters. The van der Waals surface area contributed by atoms with E-state index in [-0.39, 0.29) is 12.1 Å². The molecule has 0 aliphatic carbocycles. The molecule has 116 valence electrons. The molecule has 0 bridgehead atoms. The number of rotatable bonds is 4. The summed E-state index contributed by atoms with van der Waals surface area (Å²) in [6, 6.07) is 12.9. The molecule has 0 saturated carbocycles. The predicted octanol–water partition coefficient (Wildman–Crippen LogP) is 5.44. The molecule has 0 aliphatic heterocycles. The smallest absolute Gasteiger partial charge is 0.319 e. The topological polar surface area (TPSA) is 41.1 Å². The monoisotopic (exact) mass is 336 g/mol. The minimum atomic E-state index is -0.323. The Morgan fingerprint density at radius 1 is 1.14 bits per heavy atom. The summed E-state index contributed by atoms with van der Waals surface area (Å²) in [5.74, 6) is 0. The molecule has 0 radical (unpaired) electrons. The Morgan fingerprint density at radius 2 is 1.82 bits per heavy atom. The fourth-order valence-electron chi connectivity index (χ4n) is 2.08. The second-order valence-corrected chi connectivity index (χ2v) is 5.80. The van der Waals surface area contributed by atoms with E-state index in [0.717, 1.165) is 12.0 Å². The van der Waals surface area contributed by atoms with Gasteiger partial charge >= 0.3 is 6.03 Å². The Labute approximate surface area is 140 Å². The van der Waals surface area contributed by atoms with Gasteiger partial charge in [0.1, 0.15) is 0 Å². The Kier molecular flexibility index (Phi) is 5.69. The minimum absolute atomic E-state index is 0.108. The molecule has 0 aliphatic rings. The highest BCUT2D eigenvalue weighted by molar-refractivity contribution is 6.43. The third-order valence-corrected chi connectivity index (χ3v) is 4.25. The standard InChI is InChI=1S/C17H18Cl2N2O/c1-3-12-7-9-13(10-8-12)11(2)20-17(22)21-15-6-4-5-14(18)16(15)19/h4-11H,3H2,1-2H3,(H2,20,21,22)/t11-/m1/s1. The largest absolute Gasteiger partial charge is 0.331 e. The SMILES string of the molecule is CCc1ccc([C@@H](C)NC(=O)Nc2cccc(Cl)c2Cl)cc1. The van der Waals surface area contributed by atoms with E-state index in [2.05, 4.69) is 29.7 Å². The van der Waals surface area contributed by atoms with Crippen molar-refractivity contribution in [2.24, 2.45) is 0 Å². The van der Waals surface area contributed by atoms with Crippen molar-refractivity contribution in [2.45, 2.75) is 26.3 Å². The summed E-state index contributed by atoms with van der Waals surface area (Å²) >= 11 is 12.0. The van der Waals surface area contributed by atoms with Gasteiger partial charge in [0.2, 0.25) is 0 Å². The molecular formula is C17H18Cl2N2O. The number of halogens is 2. The maximum atomic E-state index is 12.1. The van der Waals surface area contributed by atoms with E-state index < -0.39 is 0 Å². The van der Waals surface area contributed by atoms with Crippen LogP contribution < -0.4 is 10.6 Å². The van der Waals surface area contributed by atoms with E-state index >= 15 is 0 Å². The van der Waals surface area contributed by atoms with Crippen molar-refractivity contribution in [3.63, 3.8) is 0 Å². The van der Waals surface area contributed by atoms with Crippen LogP contribution in [0.4, 0.5) is 10.5 Å². The highest BCUT2D eigenvalue weighted by Crippen LogP contribution is 2.29. The molecule has 0 fully saturated rings. The molecule has 2 amide bonds. The van der Waals surface area contributed by atoms with Crippen molar-refractivity contribution in [1.29, 1.82) is 0 Å². The lowest BCUT2D eigenvalue weighted by molar-refractivity contribution is 0.249. The van der Waals surface area contributed by atoms with Crippen LogP contribution in [0.2, 0.25) is 10.0 Å². The molecule has 2 aromatic carbocycles. The van der Waals surface area contributed by atoms with Crippen molar-refractivity contribution in [2.75, 3.05) is 5.32 Å². The van der Waals surface area contributed by atoms with Crippen molar-refractivity contribution >= 4 is 34.9 Å². The van der Waals surface area contributed by atoms with Crippen LogP contribution in [-0.2, 0) is 6.42 Å². The molecular weight excluding hydrogens is 319 g/mol. The fraction of sp³-hybridized carbons (Fsp3) is 0.235. The zero-order valence-corrected chi connectivity index (χ0v) is 14.0. The predicted molar refractivity (Wildman–Crippen MR) is 92.9 cm³/mol. The molecule has 22 heavy (non-hydrogen) atoms. The zero-order chi connectivity index (χ0) is 16.1. The molecule has 0 heterocycles. The summed E-state index contributed by atoms with van der Waals surface area (Å²) in [6.45, 7) is 4.04. The molecule has 5 heteroatoms. The zero-order valence-electron chi connectivity index (χ0n) is 12.5. The number of carbonyl (C=O) groups is 1. The van der Waals surface area contributed by atoms with Gasteiger partial charge in [-0.25, -0.2) is 4.79 Å².